The molecule has 0 spiro atoms. The number of ether oxygens (including phenoxy) is 2. The molecule has 35 heteroatoms. The van der Waals surface area contributed by atoms with Gasteiger partial charge in [0.25, 0.3) is 0 Å². The van der Waals surface area contributed by atoms with Gasteiger partial charge in [0.15, 0.2) is 27.2 Å². The number of hydrogen-bond acceptors (Lipinski definition) is 17. The molecule has 1 N–H and O–H groups in total. The Morgan fingerprint density at radius 2 is 0.767 bits per heavy atom. The zero-order chi connectivity index (χ0) is 94.7. The number of halogens is 13. The Balaban J connectivity index is 0.000000193. The smallest absolute Gasteiger partial charge is 1.00 e. The Hall–Kier alpha value is -5.43. The van der Waals surface area contributed by atoms with Crippen molar-refractivity contribution in [1.29, 1.82) is 0 Å². The van der Waals surface area contributed by atoms with Crippen LogP contribution in [0.5, 0.6) is 11.5 Å². The van der Waals surface area contributed by atoms with Crippen LogP contribution in [0.4, 0.5) is 4.39 Å². The Labute approximate surface area is 871 Å². The fourth-order valence-corrected chi connectivity index (χ4v) is 22.1. The fraction of sp³-hybridized carbons (Fsp3) is 0.378. The largest absolute Gasteiger partial charge is 1.00 e. The van der Waals surface area contributed by atoms with Gasteiger partial charge in [-0.25, -0.2) is 12.8 Å². The van der Waals surface area contributed by atoms with Crippen LogP contribution in [-0.4, -0.2) is 173 Å². The summed E-state index contributed by atoms with van der Waals surface area (Å²) in [6, 6.07) is 42.8. The molecule has 0 aromatic heterocycles. The number of likely N-dealkylation sites (tertiary alicyclic amines) is 4. The Morgan fingerprint density at radius 1 is 0.444 bits per heavy atom. The van der Waals surface area contributed by atoms with Crippen LogP contribution < -0.4 is 39.0 Å². The molecule has 4 fully saturated rings. The van der Waals surface area contributed by atoms with Crippen molar-refractivity contribution >= 4 is 198 Å². The molecule has 4 heterocycles. The molecule has 10 aliphatic rings. The average molecular weight is 2120 g/mol. The van der Waals surface area contributed by atoms with Gasteiger partial charge in [-0.1, -0.05) is 175 Å². The first kappa shape index (κ1) is 111. The second-order valence-corrected chi connectivity index (χ2v) is 41.3. The number of aliphatic hydroxyl groups excluding tert-OH is 1. The Bertz CT molecular complexity index is 5730. The normalized spacial score (nSPS) is 19.7. The maximum atomic E-state index is 12.3. The van der Waals surface area contributed by atoms with Crippen molar-refractivity contribution in [2.45, 2.75) is 133 Å². The van der Waals surface area contributed by atoms with E-state index < -0.39 is 44.9 Å². The SMILES string of the molecule is CN(C)/C=C1/Cc2c(Cl)cc(Cl)cc2C1=O.CS(=O)(=O)c1ccc(F)cc1.Cc1ccc(O[C@H]2c3cc(Cl)cc(Cl)c3C[C@@H]2CN2CCCC2)cc1.Cc1ccc(O[C@H]2c3cc(Cl)cc(Cl)c3C[C@H]2CN2CCCC2)cc1.O=C1/C(=C\N2CCCC2)Cc2c(Cl)cc(Cl)cc21.O=C1CCc2c(Cl)cc(Cl)cc21.O=S=O.O=S=O.OC1c2cc(Cl)cc(Cl)c2CC1CN1CCCC1.[B].[H-].[Na+]. The molecule has 9 aromatic rings. The summed E-state index contributed by atoms with van der Waals surface area (Å²) in [7, 11) is 0.587. The second-order valence-electron chi connectivity index (χ2n) is 34.0. The molecule has 703 valence electrons. The third-order valence-corrected chi connectivity index (χ3v) is 28.6. The van der Waals surface area contributed by atoms with Crippen molar-refractivity contribution in [3.05, 3.63) is 313 Å². The molecule has 17 nitrogen and oxygen atoms in total. The van der Waals surface area contributed by atoms with E-state index in [4.69, 9.17) is 166 Å². The summed E-state index contributed by atoms with van der Waals surface area (Å²) >= 11 is 72.0. The van der Waals surface area contributed by atoms with Gasteiger partial charge < -0.3 is 40.5 Å². The van der Waals surface area contributed by atoms with E-state index in [1.165, 1.54) is 112 Å². The molecule has 6 atom stereocenters. The number of ketones is 3. The minimum Gasteiger partial charge on any atom is -1.00 e. The van der Waals surface area contributed by atoms with E-state index in [1.807, 2.05) is 86.0 Å². The molecule has 4 aliphatic heterocycles. The van der Waals surface area contributed by atoms with E-state index in [-0.39, 0.29) is 79.8 Å². The topological polar surface area (TPSA) is 209 Å². The van der Waals surface area contributed by atoms with Gasteiger partial charge in [0.05, 0.1) is 11.0 Å². The van der Waals surface area contributed by atoms with Gasteiger partial charge in [0.2, 0.25) is 0 Å². The zero-order valence-electron chi connectivity index (χ0n) is 75.2. The van der Waals surface area contributed by atoms with Crippen LogP contribution in [0.2, 0.25) is 60.3 Å². The van der Waals surface area contributed by atoms with Crippen LogP contribution in [-0.2, 0) is 71.5 Å². The summed E-state index contributed by atoms with van der Waals surface area (Å²) in [6.45, 7) is 16.4. The Kier molecular flexibility index (Phi) is 44.1. The van der Waals surface area contributed by atoms with E-state index >= 15 is 0 Å². The third-order valence-electron chi connectivity index (χ3n) is 24.2. The number of allylic oxidation sites excluding steroid dienone is 2. The summed E-state index contributed by atoms with van der Waals surface area (Å²) in [4.78, 5) is 47.3. The number of aryl methyl sites for hydroxylation is 2. The van der Waals surface area contributed by atoms with Crippen molar-refractivity contribution in [2.75, 3.05) is 92.3 Å². The van der Waals surface area contributed by atoms with E-state index in [2.05, 4.69) is 57.7 Å². The maximum Gasteiger partial charge on any atom is 1.00 e. The van der Waals surface area contributed by atoms with Crippen LogP contribution in [0.1, 0.15) is 170 Å². The molecular formula is C98H101BCl12FN5NaO12S3. The maximum absolute atomic E-state index is 12.3. The van der Waals surface area contributed by atoms with Gasteiger partial charge in [-0.2, -0.15) is 16.8 Å². The summed E-state index contributed by atoms with van der Waals surface area (Å²) in [5.41, 5.74) is 15.5. The van der Waals surface area contributed by atoms with Crippen molar-refractivity contribution < 1.29 is 89.6 Å². The average Bonchev–Trinajstić information content (AvgIpc) is 1.63. The summed E-state index contributed by atoms with van der Waals surface area (Å²) < 4.78 is 80.0. The molecule has 0 bridgehead atoms. The van der Waals surface area contributed by atoms with E-state index in [0.29, 0.717) is 98.0 Å². The van der Waals surface area contributed by atoms with Gasteiger partial charge >= 0.3 is 52.7 Å². The number of sulfone groups is 1. The van der Waals surface area contributed by atoms with Gasteiger partial charge in [-0.3, -0.25) is 14.4 Å². The molecule has 9 aromatic carbocycles. The summed E-state index contributed by atoms with van der Waals surface area (Å²) in [6.07, 6.45) is 20.0. The first-order valence-electron chi connectivity index (χ1n) is 42.9. The number of hydrogen-bond donors (Lipinski definition) is 1. The van der Waals surface area contributed by atoms with Gasteiger partial charge in [0.1, 0.15) is 29.5 Å². The fourth-order valence-electron chi connectivity index (χ4n) is 18.0. The minimum absolute atomic E-state index is 0. The molecule has 3 radical (unpaired) electrons. The van der Waals surface area contributed by atoms with Crippen molar-refractivity contribution in [2.24, 2.45) is 17.8 Å². The standard InChI is InChI=1S/2C21H23Cl2NO.C14H17Cl2NO.C14H13Cl2NO.C12H11Cl2NO.C9H6Cl2O.C7H7FO2S.B.Na.2O2S.H/c2*1-14-4-6-17(7-5-14)25-21-15(13-24-8-2-3-9-24)10-18-19(21)11-16(22)12-20(18)23;2*15-10-6-12-11(13(16)7-10)5-9(14(12)18)8-17-3-1-2-4-17;1-15(2)6-7-3-9-10(12(7)16)4-8(13)5-11(9)14;10-5-3-7-6(8(11)4-5)1-2-9(7)12;1-11(9,10)7-4-2-6(8)3-5-7;;;2*1-3-2;/h2*4-7,11-12,15,21H,2-3,8-10,13H2,1H3;6-7,9,14,18H,1-5,8H2;6-8H,1-5H2;4-6H,3H2,1-2H3;3-4H,1-2H2;2-5H,1H3;;;;;/q;;;;;;;;+1;;;-1/b;;;9-8-;7-6-;;;;;;;/t15-,21+;15-,21-;;;;;;;;;;/m01........../s1. The molecule has 6 aliphatic carbocycles. The number of carbonyl (C=O) groups is 3. The van der Waals surface area contributed by atoms with E-state index in [1.54, 1.807) is 42.5 Å². The number of Topliss-reactive ketones (excluding diaryl/α,β-unsaturated/α-hetero) is 3. The van der Waals surface area contributed by atoms with Gasteiger partial charge in [-0.05, 0) is 302 Å². The molecule has 19 rings (SSSR count). The van der Waals surface area contributed by atoms with E-state index in [9.17, 15) is 32.3 Å². The summed E-state index contributed by atoms with van der Waals surface area (Å²) in [5, 5.41) is 18.0. The van der Waals surface area contributed by atoms with Crippen molar-refractivity contribution in [3.63, 3.8) is 0 Å². The molecule has 133 heavy (non-hydrogen) atoms. The molecule has 4 saturated heterocycles. The third kappa shape index (κ3) is 31.0. The first-order valence-corrected chi connectivity index (χ1v) is 50.7. The number of nitrogens with zero attached hydrogens (tertiary/aromatic N) is 5. The summed E-state index contributed by atoms with van der Waals surface area (Å²) in [5.74, 6) is 2.70. The quantitative estimate of drug-likeness (QED) is 0.0646. The zero-order valence-corrected chi connectivity index (χ0v) is 87.8. The van der Waals surface area contributed by atoms with Crippen LogP contribution in [0.15, 0.2) is 174 Å². The predicted molar refractivity (Wildman–Crippen MR) is 535 cm³/mol. The first-order chi connectivity index (χ1) is 62.5. The van der Waals surface area contributed by atoms with Crippen molar-refractivity contribution in [3.8, 4) is 11.5 Å². The number of benzene rings is 9. The van der Waals surface area contributed by atoms with Crippen LogP contribution >= 0.6 is 139 Å². The molecule has 2 unspecified atom stereocenters. The number of fused-ring (bicyclic) bond motifs is 6. The molecule has 0 saturated carbocycles. The number of rotatable bonds is 13. The Morgan fingerprint density at radius 3 is 1.16 bits per heavy atom. The van der Waals surface area contributed by atoms with E-state index in [0.717, 1.165) is 162 Å². The number of carbonyl (C=O) groups excluding carboxylic acids is 3. The van der Waals surface area contributed by atoms with Crippen LogP contribution in [0.25, 0.3) is 0 Å². The monoisotopic (exact) mass is 2110 g/mol. The van der Waals surface area contributed by atoms with Gasteiger partial charge in [0, 0.05) is 199 Å². The number of aliphatic hydroxyl groups is 1. The molecule has 0 amide bonds. The van der Waals surface area contributed by atoms with Crippen molar-refractivity contribution in [1.82, 2.24) is 24.5 Å². The second kappa shape index (κ2) is 52.7. The van der Waals surface area contributed by atoms with Gasteiger partial charge in [-0.15, -0.1) is 0 Å². The molecular weight excluding hydrogens is 2010 g/mol. The van der Waals surface area contributed by atoms with Crippen LogP contribution in [0.3, 0.4) is 0 Å². The predicted octanol–water partition coefficient (Wildman–Crippen LogP) is 21.3. The minimum atomic E-state index is -3.19. The van der Waals surface area contributed by atoms with Crippen LogP contribution in [0, 0.1) is 37.4 Å².